The standard InChI is InChI=1S/C15H20FN3O3/c1-22-9-6-15(14(17)21)4-7-19(8-5-15)13(20)12-3-2-11(16)10-18-12/h2-3,10H,4-9H2,1H3,(H2,17,21). The molecule has 7 heteroatoms. The number of ether oxygens (including phenoxy) is 1. The molecule has 1 aliphatic rings. The Morgan fingerprint density at radius 2 is 2.09 bits per heavy atom. The number of likely N-dealkylation sites (tertiary alicyclic amines) is 1. The van der Waals surface area contributed by atoms with Gasteiger partial charge >= 0.3 is 0 Å². The highest BCUT2D eigenvalue weighted by molar-refractivity contribution is 5.92. The summed E-state index contributed by atoms with van der Waals surface area (Å²) in [6.45, 7) is 1.30. The summed E-state index contributed by atoms with van der Waals surface area (Å²) in [5, 5.41) is 0. The summed E-state index contributed by atoms with van der Waals surface area (Å²) >= 11 is 0. The van der Waals surface area contributed by atoms with Gasteiger partial charge in [-0.05, 0) is 31.4 Å². The topological polar surface area (TPSA) is 85.5 Å². The van der Waals surface area contributed by atoms with E-state index in [0.717, 1.165) is 6.20 Å². The van der Waals surface area contributed by atoms with Gasteiger partial charge in [-0.15, -0.1) is 0 Å². The first kappa shape index (κ1) is 16.4. The van der Waals surface area contributed by atoms with E-state index in [4.69, 9.17) is 10.5 Å². The zero-order valence-electron chi connectivity index (χ0n) is 12.5. The Hall–Kier alpha value is -2.02. The quantitative estimate of drug-likeness (QED) is 0.878. The molecule has 1 aromatic heterocycles. The number of carbonyl (C=O) groups excluding carboxylic acids is 2. The van der Waals surface area contributed by atoms with E-state index in [-0.39, 0.29) is 17.5 Å². The molecule has 2 amide bonds. The number of amides is 2. The second-order valence-corrected chi connectivity index (χ2v) is 5.54. The minimum atomic E-state index is -0.622. The number of pyridine rings is 1. The molecule has 6 nitrogen and oxygen atoms in total. The van der Waals surface area contributed by atoms with Crippen LogP contribution in [-0.2, 0) is 9.53 Å². The fourth-order valence-electron chi connectivity index (χ4n) is 2.72. The Balaban J connectivity index is 2.02. The van der Waals surface area contributed by atoms with Gasteiger partial charge in [-0.3, -0.25) is 9.59 Å². The van der Waals surface area contributed by atoms with Crippen molar-refractivity contribution in [3.8, 4) is 0 Å². The van der Waals surface area contributed by atoms with Crippen LogP contribution in [0.15, 0.2) is 18.3 Å². The van der Waals surface area contributed by atoms with E-state index < -0.39 is 11.2 Å². The van der Waals surface area contributed by atoms with Crippen LogP contribution in [0.2, 0.25) is 0 Å². The molecule has 120 valence electrons. The van der Waals surface area contributed by atoms with Gasteiger partial charge in [0.05, 0.1) is 11.6 Å². The lowest BCUT2D eigenvalue weighted by atomic mass is 9.75. The Morgan fingerprint density at radius 1 is 1.41 bits per heavy atom. The van der Waals surface area contributed by atoms with Crippen molar-refractivity contribution in [2.24, 2.45) is 11.1 Å². The zero-order valence-corrected chi connectivity index (χ0v) is 12.5. The van der Waals surface area contributed by atoms with Gasteiger partial charge in [-0.1, -0.05) is 0 Å². The summed E-state index contributed by atoms with van der Waals surface area (Å²) in [6.07, 6.45) is 2.57. The van der Waals surface area contributed by atoms with Gasteiger partial charge in [-0.25, -0.2) is 9.37 Å². The van der Waals surface area contributed by atoms with Crippen LogP contribution in [0.5, 0.6) is 0 Å². The van der Waals surface area contributed by atoms with Crippen molar-refractivity contribution in [1.82, 2.24) is 9.88 Å². The molecule has 1 saturated heterocycles. The van der Waals surface area contributed by atoms with Crippen molar-refractivity contribution < 1.29 is 18.7 Å². The number of hydrogen-bond donors (Lipinski definition) is 1. The SMILES string of the molecule is COCCC1(C(N)=O)CCN(C(=O)c2ccc(F)cn2)CC1. The molecule has 0 aromatic carbocycles. The van der Waals surface area contributed by atoms with Gasteiger partial charge < -0.3 is 15.4 Å². The number of piperidine rings is 1. The summed E-state index contributed by atoms with van der Waals surface area (Å²) < 4.78 is 17.9. The smallest absolute Gasteiger partial charge is 0.272 e. The van der Waals surface area contributed by atoms with Gasteiger partial charge in [0.15, 0.2) is 0 Å². The van der Waals surface area contributed by atoms with E-state index in [2.05, 4.69) is 4.98 Å². The largest absolute Gasteiger partial charge is 0.385 e. The van der Waals surface area contributed by atoms with E-state index in [0.29, 0.717) is 39.0 Å². The summed E-state index contributed by atoms with van der Waals surface area (Å²) in [4.78, 5) is 29.5. The van der Waals surface area contributed by atoms with E-state index in [9.17, 15) is 14.0 Å². The van der Waals surface area contributed by atoms with Gasteiger partial charge in [-0.2, -0.15) is 0 Å². The Bertz CT molecular complexity index is 539. The molecule has 0 atom stereocenters. The number of primary amides is 1. The number of carbonyl (C=O) groups is 2. The van der Waals surface area contributed by atoms with Crippen LogP contribution in [0, 0.1) is 11.2 Å². The number of nitrogens with zero attached hydrogens (tertiary/aromatic N) is 2. The molecule has 0 saturated carbocycles. The van der Waals surface area contributed by atoms with Gasteiger partial charge in [0, 0.05) is 26.8 Å². The third-order valence-corrected chi connectivity index (χ3v) is 4.26. The number of methoxy groups -OCH3 is 1. The van der Waals surface area contributed by atoms with Crippen molar-refractivity contribution in [3.63, 3.8) is 0 Å². The van der Waals surface area contributed by atoms with E-state index >= 15 is 0 Å². The van der Waals surface area contributed by atoms with Crippen LogP contribution < -0.4 is 5.73 Å². The summed E-state index contributed by atoms with van der Waals surface area (Å²) in [6, 6.07) is 2.56. The lowest BCUT2D eigenvalue weighted by Gasteiger charge is -2.39. The molecule has 22 heavy (non-hydrogen) atoms. The van der Waals surface area contributed by atoms with Crippen LogP contribution in [0.25, 0.3) is 0 Å². The maximum Gasteiger partial charge on any atom is 0.272 e. The van der Waals surface area contributed by atoms with E-state index in [1.165, 1.54) is 12.1 Å². The number of nitrogens with two attached hydrogens (primary N) is 1. The fourth-order valence-corrected chi connectivity index (χ4v) is 2.72. The lowest BCUT2D eigenvalue weighted by molar-refractivity contribution is -0.131. The van der Waals surface area contributed by atoms with Crippen LogP contribution in [0.4, 0.5) is 4.39 Å². The minimum Gasteiger partial charge on any atom is -0.385 e. The van der Waals surface area contributed by atoms with Gasteiger partial charge in [0.25, 0.3) is 5.91 Å². The number of rotatable bonds is 5. The molecule has 1 fully saturated rings. The third-order valence-electron chi connectivity index (χ3n) is 4.26. The van der Waals surface area contributed by atoms with Crippen molar-refractivity contribution in [3.05, 3.63) is 29.8 Å². The van der Waals surface area contributed by atoms with E-state index in [1.807, 2.05) is 0 Å². The molecule has 1 aliphatic heterocycles. The average Bonchev–Trinajstić information content (AvgIpc) is 2.53. The normalized spacial score (nSPS) is 17.3. The van der Waals surface area contributed by atoms with E-state index in [1.54, 1.807) is 12.0 Å². The first-order chi connectivity index (χ1) is 10.5. The summed E-state index contributed by atoms with van der Waals surface area (Å²) in [5.41, 5.74) is 5.12. The molecule has 2 heterocycles. The van der Waals surface area contributed by atoms with Crippen molar-refractivity contribution in [1.29, 1.82) is 0 Å². The van der Waals surface area contributed by atoms with Crippen LogP contribution >= 0.6 is 0 Å². The predicted molar refractivity (Wildman–Crippen MR) is 77.5 cm³/mol. The van der Waals surface area contributed by atoms with Crippen molar-refractivity contribution in [2.45, 2.75) is 19.3 Å². The Labute approximate surface area is 128 Å². The zero-order chi connectivity index (χ0) is 16.2. The molecule has 0 unspecified atom stereocenters. The van der Waals surface area contributed by atoms with Gasteiger partial charge in [0.1, 0.15) is 11.5 Å². The number of aromatic nitrogens is 1. The molecule has 0 bridgehead atoms. The second-order valence-electron chi connectivity index (χ2n) is 5.54. The molecule has 2 N–H and O–H groups in total. The first-order valence-electron chi connectivity index (χ1n) is 7.18. The van der Waals surface area contributed by atoms with Crippen LogP contribution in [-0.4, -0.2) is 48.5 Å². The van der Waals surface area contributed by atoms with Crippen molar-refractivity contribution in [2.75, 3.05) is 26.8 Å². The van der Waals surface area contributed by atoms with Crippen LogP contribution in [0.1, 0.15) is 29.8 Å². The molecular weight excluding hydrogens is 289 g/mol. The number of halogens is 1. The Morgan fingerprint density at radius 3 is 2.59 bits per heavy atom. The highest BCUT2D eigenvalue weighted by Gasteiger charge is 2.40. The highest BCUT2D eigenvalue weighted by Crippen LogP contribution is 2.35. The molecule has 1 aromatic rings. The number of hydrogen-bond acceptors (Lipinski definition) is 4. The van der Waals surface area contributed by atoms with Gasteiger partial charge in [0.2, 0.25) is 5.91 Å². The van der Waals surface area contributed by atoms with Crippen molar-refractivity contribution >= 4 is 11.8 Å². The predicted octanol–water partition coefficient (Wildman–Crippen LogP) is 0.965. The highest BCUT2D eigenvalue weighted by atomic mass is 19.1. The minimum absolute atomic E-state index is 0.199. The second kappa shape index (κ2) is 6.83. The molecular formula is C15H20FN3O3. The molecule has 0 radical (unpaired) electrons. The average molecular weight is 309 g/mol. The Kier molecular flexibility index (Phi) is 5.07. The fraction of sp³-hybridized carbons (Fsp3) is 0.533. The first-order valence-corrected chi connectivity index (χ1v) is 7.18. The molecule has 0 spiro atoms. The monoisotopic (exact) mass is 309 g/mol. The lowest BCUT2D eigenvalue weighted by Crippen LogP contribution is -2.49. The van der Waals surface area contributed by atoms with Crippen LogP contribution in [0.3, 0.4) is 0 Å². The maximum absolute atomic E-state index is 12.9. The summed E-state index contributed by atoms with van der Waals surface area (Å²) in [5.74, 6) is -1.09. The maximum atomic E-state index is 12.9. The molecule has 0 aliphatic carbocycles. The molecule has 2 rings (SSSR count). The third kappa shape index (κ3) is 3.41. The summed E-state index contributed by atoms with van der Waals surface area (Å²) in [7, 11) is 1.58.